The van der Waals surface area contributed by atoms with Crippen molar-refractivity contribution in [2.75, 3.05) is 40.5 Å². The number of hydrogen-bond donors (Lipinski definition) is 0. The van der Waals surface area contributed by atoms with Gasteiger partial charge in [0.05, 0.1) is 13.7 Å². The zero-order valence-electron chi connectivity index (χ0n) is 11.0. The molecule has 0 spiro atoms. The van der Waals surface area contributed by atoms with E-state index in [1.807, 2.05) is 0 Å². The molecule has 0 bridgehead atoms. The monoisotopic (exact) mass is 231 g/mol. The second-order valence-electron chi connectivity index (χ2n) is 4.37. The van der Waals surface area contributed by atoms with Crippen molar-refractivity contribution in [2.45, 2.75) is 26.7 Å². The summed E-state index contributed by atoms with van der Waals surface area (Å²) in [6.07, 6.45) is 1.35. The fourth-order valence-corrected chi connectivity index (χ4v) is 1.58. The van der Waals surface area contributed by atoms with Crippen molar-refractivity contribution in [3.05, 3.63) is 0 Å². The van der Waals surface area contributed by atoms with Gasteiger partial charge in [-0.3, -0.25) is 4.79 Å². The van der Waals surface area contributed by atoms with Crippen LogP contribution >= 0.6 is 0 Å². The summed E-state index contributed by atoms with van der Waals surface area (Å²) >= 11 is 0. The molecule has 0 rings (SSSR count). The van der Waals surface area contributed by atoms with E-state index >= 15 is 0 Å². The molecule has 0 heterocycles. The summed E-state index contributed by atoms with van der Waals surface area (Å²) in [7, 11) is 3.14. The topological polar surface area (TPSA) is 38.8 Å². The third-order valence-corrected chi connectivity index (χ3v) is 2.32. The maximum Gasteiger partial charge on any atom is 0.305 e. The molecule has 0 N–H and O–H groups in total. The molecule has 0 aliphatic heterocycles. The third-order valence-electron chi connectivity index (χ3n) is 2.32. The highest BCUT2D eigenvalue weighted by atomic mass is 16.5. The van der Waals surface area contributed by atoms with Crippen molar-refractivity contribution in [3.8, 4) is 0 Å². The van der Waals surface area contributed by atoms with E-state index in [4.69, 9.17) is 4.74 Å². The van der Waals surface area contributed by atoms with Gasteiger partial charge >= 0.3 is 5.97 Å². The third kappa shape index (κ3) is 8.68. The van der Waals surface area contributed by atoms with Crippen LogP contribution in [0.3, 0.4) is 0 Å². The number of rotatable bonds is 9. The minimum atomic E-state index is -0.128. The van der Waals surface area contributed by atoms with E-state index in [9.17, 15) is 4.79 Å². The number of carbonyl (C=O) groups is 1. The lowest BCUT2D eigenvalue weighted by atomic mass is 10.2. The van der Waals surface area contributed by atoms with Crippen LogP contribution in [0.15, 0.2) is 0 Å². The second kappa shape index (κ2) is 9.60. The first-order chi connectivity index (χ1) is 7.60. The highest BCUT2D eigenvalue weighted by Crippen LogP contribution is 2.02. The number of nitrogens with zero attached hydrogens (tertiary/aromatic N) is 1. The van der Waals surface area contributed by atoms with Crippen LogP contribution in [0.1, 0.15) is 26.7 Å². The van der Waals surface area contributed by atoms with Crippen LogP contribution in [-0.4, -0.2) is 51.3 Å². The first-order valence-corrected chi connectivity index (χ1v) is 5.88. The first kappa shape index (κ1) is 15.4. The molecule has 0 aliphatic rings. The van der Waals surface area contributed by atoms with Gasteiger partial charge in [0.2, 0.25) is 0 Å². The van der Waals surface area contributed by atoms with E-state index in [1.54, 1.807) is 7.11 Å². The number of carbonyl (C=O) groups excluding carboxylic acids is 1. The largest absolute Gasteiger partial charge is 0.469 e. The normalized spacial score (nSPS) is 11.1. The molecule has 0 radical (unpaired) electrons. The average Bonchev–Trinajstić information content (AvgIpc) is 2.24. The van der Waals surface area contributed by atoms with Gasteiger partial charge in [0, 0.05) is 26.6 Å². The molecule has 4 nitrogen and oxygen atoms in total. The Hall–Kier alpha value is -0.610. The zero-order valence-corrected chi connectivity index (χ0v) is 11.0. The Morgan fingerprint density at radius 1 is 1.25 bits per heavy atom. The van der Waals surface area contributed by atoms with Crippen molar-refractivity contribution in [1.29, 1.82) is 0 Å². The SMILES string of the molecule is COCCN(CCCC(=O)OC)CC(C)C. The maximum atomic E-state index is 11.0. The lowest BCUT2D eigenvalue weighted by Crippen LogP contribution is -2.32. The fourth-order valence-electron chi connectivity index (χ4n) is 1.58. The van der Waals surface area contributed by atoms with Gasteiger partial charge in [-0.25, -0.2) is 0 Å². The van der Waals surface area contributed by atoms with Crippen LogP contribution in [0.25, 0.3) is 0 Å². The molecular formula is C12H25NO3. The molecule has 0 saturated heterocycles. The molecule has 4 heteroatoms. The van der Waals surface area contributed by atoms with Crippen LogP contribution < -0.4 is 0 Å². The molecule has 0 aromatic carbocycles. The Kier molecular flexibility index (Phi) is 9.24. The van der Waals surface area contributed by atoms with Gasteiger partial charge in [0.1, 0.15) is 0 Å². The Morgan fingerprint density at radius 3 is 2.44 bits per heavy atom. The Bertz CT molecular complexity index is 183. The van der Waals surface area contributed by atoms with E-state index in [0.717, 1.165) is 32.7 Å². The molecule has 16 heavy (non-hydrogen) atoms. The summed E-state index contributed by atoms with van der Waals surface area (Å²) in [4.78, 5) is 13.3. The van der Waals surface area contributed by atoms with Crippen LogP contribution in [0.5, 0.6) is 0 Å². The molecule has 0 fully saturated rings. The Balaban J connectivity index is 3.77. The molecule has 96 valence electrons. The number of ether oxygens (including phenoxy) is 2. The predicted octanol–water partition coefficient (Wildman–Crippen LogP) is 1.54. The van der Waals surface area contributed by atoms with E-state index < -0.39 is 0 Å². The van der Waals surface area contributed by atoms with Gasteiger partial charge < -0.3 is 14.4 Å². The molecule has 0 aliphatic carbocycles. The van der Waals surface area contributed by atoms with Crippen molar-refractivity contribution in [2.24, 2.45) is 5.92 Å². The van der Waals surface area contributed by atoms with Gasteiger partial charge in [-0.1, -0.05) is 13.8 Å². The molecule has 0 aromatic rings. The maximum absolute atomic E-state index is 11.0. The summed E-state index contributed by atoms with van der Waals surface area (Å²) in [5, 5.41) is 0. The Morgan fingerprint density at radius 2 is 1.94 bits per heavy atom. The van der Waals surface area contributed by atoms with E-state index in [1.165, 1.54) is 7.11 Å². The van der Waals surface area contributed by atoms with E-state index in [-0.39, 0.29) is 5.97 Å². The van der Waals surface area contributed by atoms with Crippen LogP contribution in [0.4, 0.5) is 0 Å². The van der Waals surface area contributed by atoms with Gasteiger partial charge in [-0.05, 0) is 18.9 Å². The number of hydrogen-bond acceptors (Lipinski definition) is 4. The highest BCUT2D eigenvalue weighted by molar-refractivity contribution is 5.69. The molecule has 0 saturated carbocycles. The van der Waals surface area contributed by atoms with Crippen LogP contribution in [-0.2, 0) is 14.3 Å². The lowest BCUT2D eigenvalue weighted by molar-refractivity contribution is -0.140. The Labute approximate surface area is 98.9 Å². The summed E-state index contributed by atoms with van der Waals surface area (Å²) in [6, 6.07) is 0. The summed E-state index contributed by atoms with van der Waals surface area (Å²) in [6.45, 7) is 8.03. The van der Waals surface area contributed by atoms with Gasteiger partial charge in [-0.2, -0.15) is 0 Å². The fraction of sp³-hybridized carbons (Fsp3) is 0.917. The van der Waals surface area contributed by atoms with Gasteiger partial charge in [-0.15, -0.1) is 0 Å². The lowest BCUT2D eigenvalue weighted by Gasteiger charge is -2.23. The van der Waals surface area contributed by atoms with Crippen LogP contribution in [0, 0.1) is 5.92 Å². The standard InChI is InChI=1S/C12H25NO3/c1-11(2)10-13(8-9-15-3)7-5-6-12(14)16-4/h11H,5-10H2,1-4H3. The highest BCUT2D eigenvalue weighted by Gasteiger charge is 2.08. The number of esters is 1. The molecule has 0 atom stereocenters. The second-order valence-corrected chi connectivity index (χ2v) is 4.37. The quantitative estimate of drug-likeness (QED) is 0.564. The minimum absolute atomic E-state index is 0.128. The van der Waals surface area contributed by atoms with Crippen molar-refractivity contribution < 1.29 is 14.3 Å². The van der Waals surface area contributed by atoms with E-state index in [2.05, 4.69) is 23.5 Å². The summed E-state index contributed by atoms with van der Waals surface area (Å²) in [5.74, 6) is 0.506. The summed E-state index contributed by atoms with van der Waals surface area (Å²) in [5.41, 5.74) is 0. The molecular weight excluding hydrogens is 206 g/mol. The van der Waals surface area contributed by atoms with Crippen molar-refractivity contribution in [3.63, 3.8) is 0 Å². The number of methoxy groups -OCH3 is 2. The zero-order chi connectivity index (χ0) is 12.4. The van der Waals surface area contributed by atoms with Crippen molar-refractivity contribution >= 4 is 5.97 Å². The average molecular weight is 231 g/mol. The van der Waals surface area contributed by atoms with E-state index in [0.29, 0.717) is 12.3 Å². The molecule has 0 aromatic heterocycles. The van der Waals surface area contributed by atoms with Gasteiger partial charge in [0.25, 0.3) is 0 Å². The van der Waals surface area contributed by atoms with Gasteiger partial charge in [0.15, 0.2) is 0 Å². The van der Waals surface area contributed by atoms with Crippen LogP contribution in [0.2, 0.25) is 0 Å². The predicted molar refractivity (Wildman–Crippen MR) is 64.4 cm³/mol. The first-order valence-electron chi connectivity index (χ1n) is 5.88. The van der Waals surface area contributed by atoms with Crippen molar-refractivity contribution in [1.82, 2.24) is 4.90 Å². The molecule has 0 amide bonds. The molecule has 0 unspecified atom stereocenters. The smallest absolute Gasteiger partial charge is 0.305 e. The summed E-state index contributed by atoms with van der Waals surface area (Å²) < 4.78 is 9.68. The minimum Gasteiger partial charge on any atom is -0.469 e.